The van der Waals surface area contributed by atoms with Crippen LogP contribution in [0.15, 0.2) is 35.4 Å². The molecule has 0 aliphatic heterocycles. The van der Waals surface area contributed by atoms with Crippen LogP contribution in [-0.2, 0) is 6.61 Å². The third-order valence-electron chi connectivity index (χ3n) is 3.36. The molecule has 144 valence electrons. The molecular weight excluding hydrogens is 429 g/mol. The summed E-state index contributed by atoms with van der Waals surface area (Å²) in [6.45, 7) is 2.88. The molecule has 0 heterocycles. The van der Waals surface area contributed by atoms with Crippen molar-refractivity contribution in [2.24, 2.45) is 5.10 Å². The highest BCUT2D eigenvalue weighted by molar-refractivity contribution is 7.80. The number of hydrazone groups is 1. The Morgan fingerprint density at radius 1 is 1.19 bits per heavy atom. The van der Waals surface area contributed by atoms with Crippen LogP contribution in [0.3, 0.4) is 0 Å². The summed E-state index contributed by atoms with van der Waals surface area (Å²) < 4.78 is 11.2. The molecule has 0 saturated carbocycles. The minimum atomic E-state index is 0.220. The topological polar surface area (TPSA) is 54.9 Å². The lowest BCUT2D eigenvalue weighted by Crippen LogP contribution is -2.31. The molecule has 0 spiro atoms. The third kappa shape index (κ3) is 6.43. The first kappa shape index (κ1) is 21.6. The van der Waals surface area contributed by atoms with Gasteiger partial charge in [0.25, 0.3) is 0 Å². The van der Waals surface area contributed by atoms with Crippen molar-refractivity contribution in [2.75, 3.05) is 13.7 Å². The Labute approximate surface area is 178 Å². The smallest absolute Gasteiger partial charge is 0.186 e. The lowest BCUT2D eigenvalue weighted by atomic mass is 10.2. The van der Waals surface area contributed by atoms with E-state index in [0.29, 0.717) is 38.2 Å². The highest BCUT2D eigenvalue weighted by Crippen LogP contribution is 2.37. The van der Waals surface area contributed by atoms with Crippen LogP contribution in [0.1, 0.15) is 18.1 Å². The Morgan fingerprint density at radius 3 is 2.63 bits per heavy atom. The molecule has 0 radical (unpaired) electrons. The number of halogens is 3. The number of ether oxygens (including phenoxy) is 2. The van der Waals surface area contributed by atoms with Gasteiger partial charge < -0.3 is 14.8 Å². The van der Waals surface area contributed by atoms with Gasteiger partial charge in [0.2, 0.25) is 0 Å². The molecule has 2 aromatic rings. The average molecular weight is 447 g/mol. The predicted molar refractivity (Wildman–Crippen MR) is 116 cm³/mol. The average Bonchev–Trinajstić information content (AvgIpc) is 2.62. The van der Waals surface area contributed by atoms with Crippen molar-refractivity contribution in [1.29, 1.82) is 0 Å². The molecule has 0 atom stereocenters. The molecule has 0 unspecified atom stereocenters. The fraction of sp³-hybridized carbons (Fsp3) is 0.222. The van der Waals surface area contributed by atoms with Crippen molar-refractivity contribution >= 4 is 58.3 Å². The summed E-state index contributed by atoms with van der Waals surface area (Å²) in [5.41, 5.74) is 4.22. The molecule has 2 rings (SSSR count). The van der Waals surface area contributed by atoms with Gasteiger partial charge in [0.05, 0.1) is 18.3 Å². The van der Waals surface area contributed by atoms with Gasteiger partial charge in [0.1, 0.15) is 6.61 Å². The quantitative estimate of drug-likeness (QED) is 0.354. The Morgan fingerprint density at radius 2 is 1.96 bits per heavy atom. The molecular formula is C18H18Cl3N3O2S. The van der Waals surface area contributed by atoms with Crippen LogP contribution in [0.25, 0.3) is 0 Å². The van der Waals surface area contributed by atoms with Crippen molar-refractivity contribution in [3.63, 3.8) is 0 Å². The molecule has 5 nitrogen and oxygen atoms in total. The zero-order valence-corrected chi connectivity index (χ0v) is 17.8. The highest BCUT2D eigenvalue weighted by Gasteiger charge is 2.13. The summed E-state index contributed by atoms with van der Waals surface area (Å²) in [7, 11) is 1.53. The maximum atomic E-state index is 6.36. The van der Waals surface area contributed by atoms with E-state index in [-0.39, 0.29) is 6.61 Å². The van der Waals surface area contributed by atoms with Crippen molar-refractivity contribution in [3.05, 3.63) is 56.5 Å². The summed E-state index contributed by atoms with van der Waals surface area (Å²) in [5, 5.41) is 8.89. The first-order valence-electron chi connectivity index (χ1n) is 7.95. The van der Waals surface area contributed by atoms with E-state index in [4.69, 9.17) is 56.5 Å². The highest BCUT2D eigenvalue weighted by atomic mass is 35.5. The van der Waals surface area contributed by atoms with Crippen LogP contribution in [-0.4, -0.2) is 25.0 Å². The second-order valence-corrected chi connectivity index (χ2v) is 6.95. The van der Waals surface area contributed by atoms with Crippen molar-refractivity contribution in [1.82, 2.24) is 10.7 Å². The van der Waals surface area contributed by atoms with Gasteiger partial charge in [-0.2, -0.15) is 5.10 Å². The van der Waals surface area contributed by atoms with Crippen LogP contribution in [0, 0.1) is 0 Å². The minimum absolute atomic E-state index is 0.220. The van der Waals surface area contributed by atoms with Crippen LogP contribution >= 0.6 is 47.0 Å². The van der Waals surface area contributed by atoms with Gasteiger partial charge in [-0.3, -0.25) is 5.43 Å². The number of benzene rings is 2. The standard InChI is InChI=1S/C18H18Cl3N3O2S/c1-3-22-18(27)24-23-9-11-6-15(21)17(16(7-11)25-2)26-10-12-4-5-13(19)8-14(12)20/h4-9H,3,10H2,1-2H3,(H2,22,24,27)/b23-9-. The largest absolute Gasteiger partial charge is 0.493 e. The number of nitrogens with zero attached hydrogens (tertiary/aromatic N) is 1. The van der Waals surface area contributed by atoms with Crippen LogP contribution < -0.4 is 20.2 Å². The van der Waals surface area contributed by atoms with Gasteiger partial charge >= 0.3 is 0 Å². The summed E-state index contributed by atoms with van der Waals surface area (Å²) in [5.74, 6) is 0.891. The number of hydrogen-bond acceptors (Lipinski definition) is 4. The predicted octanol–water partition coefficient (Wildman–Crippen LogP) is 5.05. The maximum Gasteiger partial charge on any atom is 0.186 e. The van der Waals surface area contributed by atoms with Gasteiger partial charge in [-0.1, -0.05) is 40.9 Å². The number of rotatable bonds is 7. The lowest BCUT2D eigenvalue weighted by Gasteiger charge is -2.14. The van der Waals surface area contributed by atoms with Gasteiger partial charge in [0.15, 0.2) is 16.6 Å². The van der Waals surface area contributed by atoms with Gasteiger partial charge in [-0.15, -0.1) is 0 Å². The molecule has 0 aliphatic rings. The summed E-state index contributed by atoms with van der Waals surface area (Å²) in [6.07, 6.45) is 1.58. The molecule has 27 heavy (non-hydrogen) atoms. The van der Waals surface area contributed by atoms with E-state index in [1.807, 2.05) is 6.92 Å². The van der Waals surface area contributed by atoms with E-state index in [0.717, 1.165) is 11.1 Å². The SMILES string of the molecule is CCNC(=S)N/N=C\c1cc(Cl)c(OCc2ccc(Cl)cc2Cl)c(OC)c1. The van der Waals surface area contributed by atoms with E-state index >= 15 is 0 Å². The molecule has 9 heteroatoms. The molecule has 2 aromatic carbocycles. The van der Waals surface area contributed by atoms with E-state index in [2.05, 4.69) is 15.8 Å². The van der Waals surface area contributed by atoms with E-state index in [9.17, 15) is 0 Å². The zero-order chi connectivity index (χ0) is 19.8. The summed E-state index contributed by atoms with van der Waals surface area (Å²) in [6, 6.07) is 8.67. The van der Waals surface area contributed by atoms with Crippen molar-refractivity contribution in [2.45, 2.75) is 13.5 Å². The fourth-order valence-electron chi connectivity index (χ4n) is 2.11. The van der Waals surface area contributed by atoms with Crippen LogP contribution in [0.5, 0.6) is 11.5 Å². The van der Waals surface area contributed by atoms with Crippen molar-refractivity contribution in [3.8, 4) is 11.5 Å². The monoisotopic (exact) mass is 445 g/mol. The molecule has 2 N–H and O–H groups in total. The van der Waals surface area contributed by atoms with Gasteiger partial charge in [-0.05, 0) is 49.0 Å². The Balaban J connectivity index is 2.13. The van der Waals surface area contributed by atoms with Crippen molar-refractivity contribution < 1.29 is 9.47 Å². The minimum Gasteiger partial charge on any atom is -0.493 e. The van der Waals surface area contributed by atoms with Gasteiger partial charge in [0, 0.05) is 22.2 Å². The van der Waals surface area contributed by atoms with Gasteiger partial charge in [-0.25, -0.2) is 0 Å². The van der Waals surface area contributed by atoms with E-state index in [1.165, 1.54) is 7.11 Å². The normalized spacial score (nSPS) is 10.7. The number of nitrogens with one attached hydrogen (secondary N) is 2. The first-order valence-corrected chi connectivity index (χ1v) is 9.50. The lowest BCUT2D eigenvalue weighted by molar-refractivity contribution is 0.285. The molecule has 0 aliphatic carbocycles. The zero-order valence-electron chi connectivity index (χ0n) is 14.7. The molecule has 0 bridgehead atoms. The summed E-state index contributed by atoms with van der Waals surface area (Å²) in [4.78, 5) is 0. The molecule has 0 amide bonds. The number of hydrogen-bond donors (Lipinski definition) is 2. The Kier molecular flexibility index (Phi) is 8.44. The van der Waals surface area contributed by atoms with Crippen LogP contribution in [0.4, 0.5) is 0 Å². The molecule has 0 aromatic heterocycles. The fourth-order valence-corrected chi connectivity index (χ4v) is 3.04. The van der Waals surface area contributed by atoms with E-state index in [1.54, 1.807) is 36.5 Å². The first-order chi connectivity index (χ1) is 12.9. The maximum absolute atomic E-state index is 6.36. The van der Waals surface area contributed by atoms with E-state index < -0.39 is 0 Å². The second kappa shape index (κ2) is 10.6. The Bertz CT molecular complexity index is 847. The molecule has 0 saturated heterocycles. The summed E-state index contributed by atoms with van der Waals surface area (Å²) >= 11 is 23.5. The Hall–Kier alpha value is -1.73. The number of methoxy groups -OCH3 is 1. The second-order valence-electron chi connectivity index (χ2n) is 5.29. The van der Waals surface area contributed by atoms with Crippen LogP contribution in [0.2, 0.25) is 15.1 Å². The number of thiocarbonyl (C=S) groups is 1. The third-order valence-corrected chi connectivity index (χ3v) is 4.46. The molecule has 0 fully saturated rings.